The van der Waals surface area contributed by atoms with Crippen molar-refractivity contribution in [1.82, 2.24) is 4.98 Å². The van der Waals surface area contributed by atoms with E-state index in [4.69, 9.17) is 16.3 Å². The molecule has 0 spiro atoms. The fraction of sp³-hybridized carbons (Fsp3) is 0.154. The van der Waals surface area contributed by atoms with E-state index in [1.807, 2.05) is 0 Å². The molecule has 0 saturated carbocycles. The van der Waals surface area contributed by atoms with Gasteiger partial charge in [-0.3, -0.25) is 4.98 Å². The fourth-order valence-corrected chi connectivity index (χ4v) is 1.67. The molecule has 0 amide bonds. The second-order valence-corrected chi connectivity index (χ2v) is 4.25. The zero-order chi connectivity index (χ0) is 14.6. The van der Waals surface area contributed by atoms with Gasteiger partial charge in [-0.15, -0.1) is 13.2 Å². The Morgan fingerprint density at radius 3 is 2.35 bits per heavy atom. The first-order chi connectivity index (χ1) is 9.42. The van der Waals surface area contributed by atoms with Gasteiger partial charge in [-0.2, -0.15) is 0 Å². The molecule has 0 aliphatic heterocycles. The van der Waals surface area contributed by atoms with E-state index in [1.165, 1.54) is 6.07 Å². The quantitative estimate of drug-likeness (QED) is 0.847. The van der Waals surface area contributed by atoms with Crippen LogP contribution < -0.4 is 9.47 Å². The van der Waals surface area contributed by atoms with E-state index in [9.17, 15) is 13.2 Å². The van der Waals surface area contributed by atoms with Crippen molar-refractivity contribution in [3.63, 3.8) is 0 Å². The summed E-state index contributed by atoms with van der Waals surface area (Å²) in [5, 5.41) is 0.0940. The van der Waals surface area contributed by atoms with Gasteiger partial charge in [-0.25, -0.2) is 0 Å². The summed E-state index contributed by atoms with van der Waals surface area (Å²) in [6.07, 6.45) is -1.59. The maximum Gasteiger partial charge on any atom is 0.573 e. The van der Waals surface area contributed by atoms with E-state index < -0.39 is 12.1 Å². The highest BCUT2D eigenvalue weighted by Gasteiger charge is 2.31. The number of pyridine rings is 1. The molecule has 0 saturated heterocycles. The van der Waals surface area contributed by atoms with E-state index in [2.05, 4.69) is 9.72 Å². The zero-order valence-corrected chi connectivity index (χ0v) is 10.8. The molecule has 1 aromatic heterocycles. The Hall–Kier alpha value is -1.95. The number of alkyl halides is 3. The highest BCUT2D eigenvalue weighted by atomic mass is 35.5. The minimum atomic E-state index is -4.77. The number of halogens is 4. The summed E-state index contributed by atoms with van der Waals surface area (Å²) >= 11 is 5.72. The molecule has 0 aliphatic rings. The number of aromatic nitrogens is 1. The molecule has 0 unspecified atom stereocenters. The van der Waals surface area contributed by atoms with E-state index in [0.717, 1.165) is 17.7 Å². The Morgan fingerprint density at radius 2 is 1.70 bits per heavy atom. The van der Waals surface area contributed by atoms with Crippen molar-refractivity contribution in [2.45, 2.75) is 13.0 Å². The van der Waals surface area contributed by atoms with Crippen LogP contribution in [0.15, 0.2) is 42.7 Å². The summed E-state index contributed by atoms with van der Waals surface area (Å²) in [5.41, 5.74) is 0.832. The average Bonchev–Trinajstić information content (AvgIpc) is 2.35. The van der Waals surface area contributed by atoms with Gasteiger partial charge in [0.15, 0.2) is 0 Å². The lowest BCUT2D eigenvalue weighted by Gasteiger charge is -2.11. The highest BCUT2D eigenvalue weighted by Crippen LogP contribution is 2.30. The van der Waals surface area contributed by atoms with Crippen LogP contribution in [0.3, 0.4) is 0 Å². The second kappa shape index (κ2) is 6.00. The molecule has 2 aromatic rings. The first kappa shape index (κ1) is 14.5. The maximum atomic E-state index is 12.1. The Balaban J connectivity index is 2.08. The topological polar surface area (TPSA) is 31.4 Å². The van der Waals surface area contributed by atoms with Gasteiger partial charge in [0, 0.05) is 23.5 Å². The van der Waals surface area contributed by atoms with Gasteiger partial charge >= 0.3 is 6.36 Å². The first-order valence-electron chi connectivity index (χ1n) is 5.50. The van der Waals surface area contributed by atoms with Crippen LogP contribution in [0.5, 0.6) is 11.5 Å². The first-order valence-corrected chi connectivity index (χ1v) is 5.88. The molecule has 0 fully saturated rings. The molecule has 0 atom stereocenters. The fourth-order valence-electron chi connectivity index (χ4n) is 1.46. The molecule has 1 aromatic carbocycles. The summed E-state index contributed by atoms with van der Waals surface area (Å²) < 4.78 is 45.6. The Bertz CT molecular complexity index is 576. The summed E-state index contributed by atoms with van der Waals surface area (Å²) in [6.45, 7) is 0.189. The molecule has 20 heavy (non-hydrogen) atoms. The third-order valence-electron chi connectivity index (χ3n) is 2.23. The van der Waals surface area contributed by atoms with Crippen LogP contribution in [0.2, 0.25) is 5.02 Å². The predicted octanol–water partition coefficient (Wildman–Crippen LogP) is 4.21. The van der Waals surface area contributed by atoms with Crippen molar-refractivity contribution in [3.8, 4) is 11.5 Å². The highest BCUT2D eigenvalue weighted by molar-refractivity contribution is 6.30. The molecule has 106 valence electrons. The van der Waals surface area contributed by atoms with Crippen molar-refractivity contribution >= 4 is 11.6 Å². The minimum Gasteiger partial charge on any atom is -0.489 e. The van der Waals surface area contributed by atoms with Crippen LogP contribution in [-0.2, 0) is 6.61 Å². The van der Waals surface area contributed by atoms with Gasteiger partial charge in [-0.1, -0.05) is 11.6 Å². The van der Waals surface area contributed by atoms with Gasteiger partial charge in [-0.05, 0) is 29.8 Å². The minimum absolute atomic E-state index is 0.0940. The second-order valence-electron chi connectivity index (χ2n) is 3.81. The lowest BCUT2D eigenvalue weighted by atomic mass is 10.3. The standard InChI is InChI=1S/C13H9ClF3NO2/c14-10-5-11(7-12(6-10)20-13(15,16)17)19-8-9-1-3-18-4-2-9/h1-7H,8H2. The third kappa shape index (κ3) is 4.62. The third-order valence-corrected chi connectivity index (χ3v) is 2.45. The molecular formula is C13H9ClF3NO2. The number of ether oxygens (including phenoxy) is 2. The zero-order valence-electron chi connectivity index (χ0n) is 10.0. The van der Waals surface area contributed by atoms with Gasteiger partial charge in [0.25, 0.3) is 0 Å². The molecule has 0 radical (unpaired) electrons. The summed E-state index contributed by atoms with van der Waals surface area (Å²) in [7, 11) is 0. The smallest absolute Gasteiger partial charge is 0.489 e. The predicted molar refractivity (Wildman–Crippen MR) is 66.7 cm³/mol. The molecular weight excluding hydrogens is 295 g/mol. The molecule has 3 nitrogen and oxygen atoms in total. The summed E-state index contributed by atoms with van der Waals surface area (Å²) in [4.78, 5) is 3.85. The van der Waals surface area contributed by atoms with Crippen LogP contribution in [0, 0.1) is 0 Å². The number of hydrogen-bond acceptors (Lipinski definition) is 3. The molecule has 0 aliphatic carbocycles. The normalized spacial score (nSPS) is 11.2. The van der Waals surface area contributed by atoms with Crippen LogP contribution in [-0.4, -0.2) is 11.3 Å². The molecule has 1 heterocycles. The van der Waals surface area contributed by atoms with Crippen molar-refractivity contribution in [3.05, 3.63) is 53.3 Å². The van der Waals surface area contributed by atoms with Gasteiger partial charge in [0.2, 0.25) is 0 Å². The largest absolute Gasteiger partial charge is 0.573 e. The maximum absolute atomic E-state index is 12.1. The molecule has 7 heteroatoms. The number of hydrogen-bond donors (Lipinski definition) is 0. The number of benzene rings is 1. The van der Waals surface area contributed by atoms with Crippen LogP contribution in [0.25, 0.3) is 0 Å². The van der Waals surface area contributed by atoms with E-state index >= 15 is 0 Å². The average molecular weight is 304 g/mol. The Kier molecular flexibility index (Phi) is 4.34. The van der Waals surface area contributed by atoms with Gasteiger partial charge in [0.1, 0.15) is 18.1 Å². The summed E-state index contributed by atoms with van der Waals surface area (Å²) in [6, 6.07) is 7.07. The Morgan fingerprint density at radius 1 is 1.05 bits per heavy atom. The van der Waals surface area contributed by atoms with Crippen LogP contribution >= 0.6 is 11.6 Å². The lowest BCUT2D eigenvalue weighted by Crippen LogP contribution is -2.17. The van der Waals surface area contributed by atoms with Crippen molar-refractivity contribution in [1.29, 1.82) is 0 Å². The molecule has 0 bridgehead atoms. The van der Waals surface area contributed by atoms with E-state index in [-0.39, 0.29) is 17.4 Å². The van der Waals surface area contributed by atoms with E-state index in [0.29, 0.717) is 0 Å². The van der Waals surface area contributed by atoms with Gasteiger partial charge in [0.05, 0.1) is 0 Å². The number of nitrogens with zero attached hydrogens (tertiary/aromatic N) is 1. The molecule has 2 rings (SSSR count). The monoisotopic (exact) mass is 303 g/mol. The van der Waals surface area contributed by atoms with Crippen LogP contribution in [0.4, 0.5) is 13.2 Å². The molecule has 0 N–H and O–H groups in total. The summed E-state index contributed by atoms with van der Waals surface area (Å²) in [5.74, 6) is -0.233. The Labute approximate surface area is 117 Å². The SMILES string of the molecule is FC(F)(F)Oc1cc(Cl)cc(OCc2ccncc2)c1. The number of rotatable bonds is 4. The van der Waals surface area contributed by atoms with Gasteiger partial charge < -0.3 is 9.47 Å². The van der Waals surface area contributed by atoms with Crippen LogP contribution in [0.1, 0.15) is 5.56 Å². The van der Waals surface area contributed by atoms with E-state index in [1.54, 1.807) is 24.5 Å². The van der Waals surface area contributed by atoms with Crippen molar-refractivity contribution in [2.24, 2.45) is 0 Å². The lowest BCUT2D eigenvalue weighted by molar-refractivity contribution is -0.274. The van der Waals surface area contributed by atoms with Crippen molar-refractivity contribution < 1.29 is 22.6 Å². The van der Waals surface area contributed by atoms with Crippen molar-refractivity contribution in [2.75, 3.05) is 0 Å².